The highest BCUT2D eigenvalue weighted by atomic mass is 35.5. The fourth-order valence-electron chi connectivity index (χ4n) is 1.42. The van der Waals surface area contributed by atoms with E-state index in [1.807, 2.05) is 0 Å². The topological polar surface area (TPSA) is 90.1 Å². The van der Waals surface area contributed by atoms with Gasteiger partial charge in [0.05, 0.1) is 16.7 Å². The molecule has 21 heavy (non-hydrogen) atoms. The summed E-state index contributed by atoms with van der Waals surface area (Å²) in [5.74, 6) is -0.0727. The van der Waals surface area contributed by atoms with Crippen LogP contribution in [0.25, 0.3) is 0 Å². The van der Waals surface area contributed by atoms with Crippen LogP contribution < -0.4 is 4.74 Å². The van der Waals surface area contributed by atoms with Gasteiger partial charge in [-0.15, -0.1) is 5.10 Å². The Kier molecular flexibility index (Phi) is 5.66. The van der Waals surface area contributed by atoms with Gasteiger partial charge in [-0.1, -0.05) is 41.0 Å². The molecule has 0 bridgehead atoms. The number of tetrazole rings is 1. The van der Waals surface area contributed by atoms with Crippen molar-refractivity contribution in [3.63, 3.8) is 0 Å². The highest BCUT2D eigenvalue weighted by Gasteiger charge is 2.11. The number of carboxylic acids is 1. The van der Waals surface area contributed by atoms with Crippen LogP contribution in [0.4, 0.5) is 0 Å². The van der Waals surface area contributed by atoms with Crippen LogP contribution in [0, 0.1) is 0 Å². The first-order chi connectivity index (χ1) is 10.1. The summed E-state index contributed by atoms with van der Waals surface area (Å²) in [7, 11) is 0. The molecule has 0 fully saturated rings. The summed E-state index contributed by atoms with van der Waals surface area (Å²) < 4.78 is 6.71. The lowest BCUT2D eigenvalue weighted by molar-refractivity contribution is -0.138. The van der Waals surface area contributed by atoms with E-state index in [0.29, 0.717) is 33.3 Å². The Balaban J connectivity index is 1.85. The number of carboxylic acid groups (broad SMARTS) is 1. The van der Waals surface area contributed by atoms with Crippen LogP contribution in [-0.4, -0.2) is 43.6 Å². The van der Waals surface area contributed by atoms with E-state index in [2.05, 4.69) is 15.5 Å². The first-order valence-electron chi connectivity index (χ1n) is 5.75. The van der Waals surface area contributed by atoms with Crippen molar-refractivity contribution in [1.82, 2.24) is 20.2 Å². The second-order valence-corrected chi connectivity index (χ2v) is 5.64. The third-order valence-electron chi connectivity index (χ3n) is 2.26. The predicted molar refractivity (Wildman–Crippen MR) is 78.1 cm³/mol. The molecule has 0 aliphatic carbocycles. The van der Waals surface area contributed by atoms with Crippen LogP contribution in [-0.2, 0) is 11.3 Å². The predicted octanol–water partition coefficient (Wildman–Crippen LogP) is 2.24. The largest absolute Gasteiger partial charge is 0.490 e. The molecule has 0 unspecified atom stereocenters. The molecule has 0 amide bonds. The lowest BCUT2D eigenvalue weighted by atomic mass is 10.3. The van der Waals surface area contributed by atoms with Gasteiger partial charge in [0.15, 0.2) is 5.75 Å². The van der Waals surface area contributed by atoms with Gasteiger partial charge in [-0.05, 0) is 22.6 Å². The number of para-hydroxylation sites is 1. The number of halogens is 2. The average molecular weight is 349 g/mol. The third-order valence-corrected chi connectivity index (χ3v) is 3.78. The molecule has 10 heteroatoms. The lowest BCUT2D eigenvalue weighted by Gasteiger charge is -2.09. The van der Waals surface area contributed by atoms with Gasteiger partial charge in [-0.3, -0.25) is 4.79 Å². The van der Waals surface area contributed by atoms with Crippen molar-refractivity contribution in [1.29, 1.82) is 0 Å². The molecular weight excluding hydrogens is 339 g/mol. The van der Waals surface area contributed by atoms with Gasteiger partial charge in [0, 0.05) is 5.75 Å². The quantitative estimate of drug-likeness (QED) is 0.605. The Morgan fingerprint density at radius 3 is 2.76 bits per heavy atom. The number of aromatic nitrogens is 4. The smallest absolute Gasteiger partial charge is 0.325 e. The molecule has 2 rings (SSSR count). The molecule has 2 aromatic rings. The minimum Gasteiger partial charge on any atom is -0.490 e. The lowest BCUT2D eigenvalue weighted by Crippen LogP contribution is -2.12. The van der Waals surface area contributed by atoms with Crippen molar-refractivity contribution in [2.24, 2.45) is 0 Å². The molecule has 1 aromatic heterocycles. The van der Waals surface area contributed by atoms with E-state index in [1.54, 1.807) is 18.2 Å². The summed E-state index contributed by atoms with van der Waals surface area (Å²) in [5, 5.41) is 20.8. The van der Waals surface area contributed by atoms with Gasteiger partial charge in [-0.25, -0.2) is 4.68 Å². The van der Waals surface area contributed by atoms with Gasteiger partial charge in [0.2, 0.25) is 5.16 Å². The van der Waals surface area contributed by atoms with Gasteiger partial charge < -0.3 is 9.84 Å². The second-order valence-electron chi connectivity index (χ2n) is 3.76. The zero-order valence-electron chi connectivity index (χ0n) is 10.6. The maximum Gasteiger partial charge on any atom is 0.325 e. The summed E-state index contributed by atoms with van der Waals surface area (Å²) >= 11 is 13.2. The summed E-state index contributed by atoms with van der Waals surface area (Å²) in [4.78, 5) is 10.6. The van der Waals surface area contributed by atoms with Crippen LogP contribution in [0.5, 0.6) is 5.75 Å². The molecule has 0 spiro atoms. The standard InChI is InChI=1S/C11H10Cl2N4O3S/c12-7-2-1-3-8(13)10(7)20-4-5-21-11-14-15-16-17(11)6-9(18)19/h1-3H,4-6H2,(H,18,19). The number of ether oxygens (including phenoxy) is 1. The van der Waals surface area contributed by atoms with E-state index >= 15 is 0 Å². The van der Waals surface area contributed by atoms with Gasteiger partial charge in [-0.2, -0.15) is 0 Å². The first-order valence-corrected chi connectivity index (χ1v) is 7.49. The molecule has 0 atom stereocenters. The Bertz CT molecular complexity index is 617. The average Bonchev–Trinajstić information content (AvgIpc) is 2.84. The number of hydrogen-bond acceptors (Lipinski definition) is 6. The first kappa shape index (κ1) is 15.9. The summed E-state index contributed by atoms with van der Waals surface area (Å²) in [5.41, 5.74) is 0. The molecule has 0 saturated carbocycles. The number of carbonyl (C=O) groups is 1. The maximum atomic E-state index is 10.6. The van der Waals surface area contributed by atoms with Crippen LogP contribution in [0.2, 0.25) is 10.0 Å². The van der Waals surface area contributed by atoms with E-state index < -0.39 is 5.97 Å². The molecule has 0 saturated heterocycles. The third kappa shape index (κ3) is 4.48. The van der Waals surface area contributed by atoms with Crippen molar-refractivity contribution in [2.75, 3.05) is 12.4 Å². The zero-order chi connectivity index (χ0) is 15.2. The van der Waals surface area contributed by atoms with Gasteiger partial charge in [0.1, 0.15) is 6.54 Å². The molecule has 1 N–H and O–H groups in total. The van der Waals surface area contributed by atoms with Crippen LogP contribution in [0.1, 0.15) is 0 Å². The monoisotopic (exact) mass is 348 g/mol. The zero-order valence-corrected chi connectivity index (χ0v) is 12.9. The van der Waals surface area contributed by atoms with Gasteiger partial charge >= 0.3 is 5.97 Å². The number of hydrogen-bond donors (Lipinski definition) is 1. The van der Waals surface area contributed by atoms with E-state index in [-0.39, 0.29) is 6.54 Å². The van der Waals surface area contributed by atoms with Crippen molar-refractivity contribution in [2.45, 2.75) is 11.7 Å². The number of nitrogens with zero attached hydrogens (tertiary/aromatic N) is 4. The van der Waals surface area contributed by atoms with E-state index in [4.69, 9.17) is 33.0 Å². The number of benzene rings is 1. The fraction of sp³-hybridized carbons (Fsp3) is 0.273. The van der Waals surface area contributed by atoms with Crippen LogP contribution >= 0.6 is 35.0 Å². The van der Waals surface area contributed by atoms with E-state index in [0.717, 1.165) is 0 Å². The SMILES string of the molecule is O=C(O)Cn1nnnc1SCCOc1c(Cl)cccc1Cl. The molecule has 7 nitrogen and oxygen atoms in total. The minimum atomic E-state index is -1.01. The van der Waals surface area contributed by atoms with Crippen LogP contribution in [0.15, 0.2) is 23.4 Å². The second kappa shape index (κ2) is 7.48. The molecule has 0 aliphatic rings. The van der Waals surface area contributed by atoms with Crippen molar-refractivity contribution in [3.05, 3.63) is 28.2 Å². The summed E-state index contributed by atoms with van der Waals surface area (Å²) in [6, 6.07) is 5.10. The number of rotatable bonds is 7. The van der Waals surface area contributed by atoms with E-state index in [1.165, 1.54) is 16.4 Å². The number of aliphatic carboxylic acids is 1. The molecule has 1 aromatic carbocycles. The Morgan fingerprint density at radius 2 is 2.10 bits per heavy atom. The molecular formula is C11H10Cl2N4O3S. The summed E-state index contributed by atoms with van der Waals surface area (Å²) in [6.07, 6.45) is 0. The normalized spacial score (nSPS) is 10.6. The van der Waals surface area contributed by atoms with Crippen molar-refractivity contribution < 1.29 is 14.6 Å². The maximum absolute atomic E-state index is 10.6. The fourth-order valence-corrected chi connectivity index (χ4v) is 2.62. The van der Waals surface area contributed by atoms with Gasteiger partial charge in [0.25, 0.3) is 0 Å². The minimum absolute atomic E-state index is 0.285. The highest BCUT2D eigenvalue weighted by Crippen LogP contribution is 2.32. The highest BCUT2D eigenvalue weighted by molar-refractivity contribution is 7.99. The summed E-state index contributed by atoms with van der Waals surface area (Å²) in [6.45, 7) is 0.0422. The Hall–Kier alpha value is -1.51. The molecule has 0 radical (unpaired) electrons. The Labute approximate surface area is 134 Å². The molecule has 1 heterocycles. The number of thioether (sulfide) groups is 1. The Morgan fingerprint density at radius 1 is 1.38 bits per heavy atom. The van der Waals surface area contributed by atoms with Crippen LogP contribution in [0.3, 0.4) is 0 Å². The van der Waals surface area contributed by atoms with E-state index in [9.17, 15) is 4.79 Å². The van der Waals surface area contributed by atoms with Crippen molar-refractivity contribution in [3.8, 4) is 5.75 Å². The molecule has 0 aliphatic heterocycles. The molecule has 112 valence electrons. The van der Waals surface area contributed by atoms with Crippen molar-refractivity contribution >= 4 is 40.9 Å².